The molecule has 121 heavy (non-hydrogen) atoms. The van der Waals surface area contributed by atoms with Crippen molar-refractivity contribution in [3.8, 4) is 0 Å². The molecular weight excluding hydrogens is 1630 g/mol. The van der Waals surface area contributed by atoms with Crippen molar-refractivity contribution in [2.45, 2.75) is 51.2 Å². The van der Waals surface area contributed by atoms with E-state index in [-0.39, 0.29) is 29.5 Å². The number of likely N-dealkylation sites (N-methyl/N-ethyl adjacent to an activating group) is 3. The van der Waals surface area contributed by atoms with Crippen LogP contribution in [0.1, 0.15) is 77.9 Å². The van der Waals surface area contributed by atoms with Crippen LogP contribution in [0.15, 0.2) is 341 Å². The zero-order valence-corrected chi connectivity index (χ0v) is 70.9. The molecule has 600 valence electrons. The summed E-state index contributed by atoms with van der Waals surface area (Å²) in [5, 5.41) is 27.1. The summed E-state index contributed by atoms with van der Waals surface area (Å²) in [6.07, 6.45) is 0.813. The number of anilines is 5. The third-order valence-corrected chi connectivity index (χ3v) is 29.1. The van der Waals surface area contributed by atoms with Crippen molar-refractivity contribution < 1.29 is 24.0 Å². The number of nitrogens with one attached hydrogen (secondary N) is 5. The maximum Gasteiger partial charge on any atom is 0.270 e. The Bertz CT molecular complexity index is 6130. The Morgan fingerprint density at radius 2 is 0.570 bits per heavy atom. The van der Waals surface area contributed by atoms with Gasteiger partial charge in [-0.2, -0.15) is 25.5 Å². The summed E-state index contributed by atoms with van der Waals surface area (Å²) in [4.78, 5) is 70.1. The highest BCUT2D eigenvalue weighted by molar-refractivity contribution is 8.17. The van der Waals surface area contributed by atoms with Crippen molar-refractivity contribution in [1.29, 1.82) is 0 Å². The minimum Gasteiger partial charge on any atom is -0.312 e. The van der Waals surface area contributed by atoms with Crippen LogP contribution >= 0.6 is 70.4 Å². The summed E-state index contributed by atoms with van der Waals surface area (Å²) < 4.78 is 0. The second-order valence-electron chi connectivity index (χ2n) is 29.8. The van der Waals surface area contributed by atoms with Crippen molar-refractivity contribution in [3.63, 3.8) is 0 Å². The van der Waals surface area contributed by atoms with Gasteiger partial charge in [0.25, 0.3) is 29.5 Å². The van der Waals surface area contributed by atoms with Crippen molar-refractivity contribution >= 4 is 154 Å². The van der Waals surface area contributed by atoms with Gasteiger partial charge in [-0.3, -0.25) is 51.1 Å². The van der Waals surface area contributed by atoms with Crippen molar-refractivity contribution in [3.05, 3.63) is 398 Å². The van der Waals surface area contributed by atoms with Crippen LogP contribution in [0, 0.1) is 13.8 Å². The summed E-state index contributed by atoms with van der Waals surface area (Å²) in [5.41, 5.74) is 34.6. The number of carbonyl (C=O) groups excluding carboxylic acids is 5. The number of carbonyl (C=O) groups is 5. The number of para-hydroxylation sites is 3. The first-order valence-electron chi connectivity index (χ1n) is 39.2. The van der Waals surface area contributed by atoms with Crippen molar-refractivity contribution in [2.24, 2.45) is 25.5 Å². The topological polar surface area (TPSA) is 224 Å². The molecular formula is C95H78ClN15O5S5. The Hall–Kier alpha value is -12.6. The summed E-state index contributed by atoms with van der Waals surface area (Å²) >= 11 is 13.8. The van der Waals surface area contributed by atoms with Gasteiger partial charge in [0.2, 0.25) is 24.4 Å². The van der Waals surface area contributed by atoms with Crippen LogP contribution in [0.4, 0.5) is 28.4 Å². The van der Waals surface area contributed by atoms with Crippen LogP contribution in [0.25, 0.3) is 0 Å². The van der Waals surface area contributed by atoms with E-state index < -0.39 is 24.4 Å². The predicted molar refractivity (Wildman–Crippen MR) is 494 cm³/mol. The van der Waals surface area contributed by atoms with Crippen LogP contribution in [0.5, 0.6) is 0 Å². The number of benzene rings is 12. The van der Waals surface area contributed by atoms with Crippen LogP contribution in [0.3, 0.4) is 0 Å². The number of hydrogen-bond acceptors (Lipinski definition) is 20. The van der Waals surface area contributed by atoms with Crippen LogP contribution in [-0.4, -0.2) is 82.4 Å². The average molecular weight is 1710 g/mol. The smallest absolute Gasteiger partial charge is 0.270 e. The van der Waals surface area contributed by atoms with E-state index in [1.165, 1.54) is 64.4 Å². The number of amides is 5. The molecule has 10 aliphatic rings. The molecule has 0 radical (unpaired) electrons. The Morgan fingerprint density at radius 1 is 0.298 bits per heavy atom. The lowest BCUT2D eigenvalue weighted by atomic mass is 10.1. The van der Waals surface area contributed by atoms with E-state index in [0.29, 0.717) is 18.1 Å². The number of halogens is 1. The molecule has 12 aromatic carbocycles. The van der Waals surface area contributed by atoms with E-state index in [1.54, 1.807) is 33.7 Å². The molecule has 5 unspecified atom stereocenters. The van der Waals surface area contributed by atoms with Crippen LogP contribution in [0.2, 0.25) is 5.02 Å². The molecule has 20 nitrogen and oxygen atoms in total. The largest absolute Gasteiger partial charge is 0.312 e. The third kappa shape index (κ3) is 14.2. The highest BCUT2D eigenvalue weighted by Gasteiger charge is 2.60. The normalized spacial score (nSPS) is 21.7. The molecule has 22 rings (SSSR count). The Labute approximate surface area is 726 Å². The lowest BCUT2D eigenvalue weighted by molar-refractivity contribution is -0.121. The van der Waals surface area contributed by atoms with Gasteiger partial charge in [-0.15, -0.1) is 0 Å². The molecule has 12 aromatic rings. The lowest BCUT2D eigenvalue weighted by Crippen LogP contribution is -2.45. The van der Waals surface area contributed by atoms with E-state index in [1.807, 2.05) is 298 Å². The lowest BCUT2D eigenvalue weighted by Gasteiger charge is -2.23. The first-order chi connectivity index (χ1) is 58.9. The van der Waals surface area contributed by atoms with Gasteiger partial charge in [0.05, 0.1) is 35.0 Å². The first-order valence-corrected chi connectivity index (χ1v) is 43.6. The molecule has 5 atom stereocenters. The van der Waals surface area contributed by atoms with Crippen molar-refractivity contribution in [2.75, 3.05) is 52.2 Å². The molecule has 0 aliphatic carbocycles. The average Bonchev–Trinajstić information content (AvgIpc) is 1.58. The maximum absolute atomic E-state index is 13.7. The quantitative estimate of drug-likeness (QED) is 0.0859. The van der Waals surface area contributed by atoms with Gasteiger partial charge in [0.1, 0.15) is 25.2 Å². The monoisotopic (exact) mass is 1700 g/mol. The molecule has 5 amide bonds. The third-order valence-electron chi connectivity index (χ3n) is 22.2. The van der Waals surface area contributed by atoms with Gasteiger partial charge in [0.15, 0.2) is 0 Å². The predicted octanol–water partition coefficient (Wildman–Crippen LogP) is 17.0. The molecule has 10 aliphatic heterocycles. The molecule has 0 bridgehead atoms. The first kappa shape index (κ1) is 79.5. The van der Waals surface area contributed by atoms with E-state index in [9.17, 15) is 24.0 Å². The summed E-state index contributed by atoms with van der Waals surface area (Å²) in [5.74, 6) is 0.0709. The highest BCUT2D eigenvalue weighted by atomic mass is 35.5. The van der Waals surface area contributed by atoms with E-state index in [4.69, 9.17) is 11.6 Å². The van der Waals surface area contributed by atoms with Gasteiger partial charge in [-0.1, -0.05) is 361 Å². The standard InChI is InChI=1S/C24H21N3OS.C22H16ClN3OS.C17H15N3OS.2C16H13N3OS/c1-17-12-13-21-20(16-17)24(26-25-22(29-24)19-10-6-3-7-11-19)23(28)27(21)15-14-18-8-4-2-5-9-18;23-18-12-6-4-10-16(18)14-26-19-13-7-5-11-17(19)22(21(26)27)25-24-20(28-22)15-8-2-1-3-9-15;1-11-8-9-14-13(10-11)17(16(21)20(14)2)19-18-15(22-17)12-6-4-3-5-7-12;2*1-19-13-10-6-5-9-12(13)16(15(19)20)18-17-14(21-16)11-7-3-2-4-8-11/h2-13,16,26H,14-15H2,1H3;1-13,25H,14H2;3-10,19H,1-2H3;2*2-10,18H,1H3. The van der Waals surface area contributed by atoms with Crippen LogP contribution in [-0.2, 0) is 61.3 Å². The number of thioether (sulfide) groups is 5. The number of aryl methyl sites for hydroxylation is 2. The molecule has 0 saturated carbocycles. The molecule has 0 fully saturated rings. The van der Waals surface area contributed by atoms with E-state index >= 15 is 0 Å². The summed E-state index contributed by atoms with van der Waals surface area (Å²) in [6.45, 7) is 5.16. The Balaban J connectivity index is 0.000000104. The molecule has 5 N–H and O–H groups in total. The highest BCUT2D eigenvalue weighted by Crippen LogP contribution is 2.56. The van der Waals surface area contributed by atoms with Gasteiger partial charge in [-0.25, -0.2) is 0 Å². The maximum atomic E-state index is 13.7. The number of hydrazone groups is 5. The van der Waals surface area contributed by atoms with Crippen LogP contribution < -0.4 is 51.6 Å². The number of hydrogen-bond donors (Lipinski definition) is 5. The number of fused-ring (bicyclic) bond motifs is 10. The van der Waals surface area contributed by atoms with Crippen molar-refractivity contribution in [1.82, 2.24) is 27.1 Å². The second-order valence-corrected chi connectivity index (χ2v) is 36.2. The molecule has 26 heteroatoms. The van der Waals surface area contributed by atoms with Gasteiger partial charge in [0, 0.05) is 88.3 Å². The number of rotatable bonds is 10. The minimum absolute atomic E-state index is 0.0170. The van der Waals surface area contributed by atoms with E-state index in [0.717, 1.165) is 132 Å². The van der Waals surface area contributed by atoms with Gasteiger partial charge < -0.3 is 24.5 Å². The Morgan fingerprint density at radius 3 is 0.959 bits per heavy atom. The second kappa shape index (κ2) is 32.8. The summed E-state index contributed by atoms with van der Waals surface area (Å²) in [6, 6.07) is 103. The fourth-order valence-corrected chi connectivity index (χ4v) is 22.2. The number of nitrogens with zero attached hydrogens (tertiary/aromatic N) is 10. The SMILES string of the molecule is CN1C(=O)C2(NN=C(c3ccccc3)S2)c2ccccc21.CN1C(=O)C2(NN=C(c3ccccc3)S2)c2ccccc21.Cc1ccc2c(c1)C1(NN=C(c3ccccc3)S1)C(=O)N2C.Cc1ccc2c(c1)C1(NN=C(c3ccccc3)S1)C(=O)N2CCc1ccccc1.O=C1N(Cc2ccccc2Cl)c2ccccc2C12NN=C(c1ccccc1)S2. The molecule has 0 aromatic heterocycles. The minimum atomic E-state index is -0.941. The fraction of sp³-hybridized carbons (Fsp3) is 0.137. The fourth-order valence-electron chi connectivity index (χ4n) is 16.0. The molecule has 5 spiro atoms. The molecule has 0 saturated heterocycles. The van der Waals surface area contributed by atoms with Gasteiger partial charge >= 0.3 is 0 Å². The molecule has 10 heterocycles. The van der Waals surface area contributed by atoms with E-state index in [2.05, 4.69) is 96.0 Å². The van der Waals surface area contributed by atoms with Gasteiger partial charge in [-0.05, 0) is 67.8 Å². The Kier molecular flexibility index (Phi) is 21.6. The zero-order valence-electron chi connectivity index (χ0n) is 66.1. The summed E-state index contributed by atoms with van der Waals surface area (Å²) in [7, 11) is 5.42. The zero-order chi connectivity index (χ0) is 83.2.